The quantitative estimate of drug-likeness (QED) is 0.860. The lowest BCUT2D eigenvalue weighted by Gasteiger charge is -2.10. The molecule has 0 radical (unpaired) electrons. The molecule has 3 N–H and O–H groups in total. The van der Waals surface area contributed by atoms with Crippen molar-refractivity contribution in [2.45, 2.75) is 6.92 Å². The number of rotatable bonds is 3. The second kappa shape index (κ2) is 5.07. The van der Waals surface area contributed by atoms with Gasteiger partial charge in [0.25, 0.3) is 0 Å². The average molecular weight is 258 g/mol. The van der Waals surface area contributed by atoms with Gasteiger partial charge in [-0.2, -0.15) is 0 Å². The third-order valence-electron chi connectivity index (χ3n) is 1.83. The van der Waals surface area contributed by atoms with E-state index in [1.165, 1.54) is 0 Å². The summed E-state index contributed by atoms with van der Waals surface area (Å²) in [4.78, 5) is 15.4. The van der Waals surface area contributed by atoms with E-state index in [4.69, 9.17) is 5.73 Å². The van der Waals surface area contributed by atoms with Gasteiger partial charge >= 0.3 is 0 Å². The van der Waals surface area contributed by atoms with Crippen LogP contribution in [0.2, 0.25) is 0 Å². The minimum Gasteiger partial charge on any atom is -0.330 e. The van der Waals surface area contributed by atoms with Crippen LogP contribution in [-0.2, 0) is 4.79 Å². The Morgan fingerprint density at radius 3 is 3.07 bits per heavy atom. The number of amides is 1. The van der Waals surface area contributed by atoms with Crippen molar-refractivity contribution >= 4 is 27.5 Å². The Bertz CT molecular complexity index is 330. The van der Waals surface area contributed by atoms with Crippen molar-refractivity contribution in [2.75, 3.05) is 11.9 Å². The zero-order valence-corrected chi connectivity index (χ0v) is 9.41. The molecule has 1 aromatic rings. The van der Waals surface area contributed by atoms with Crippen LogP contribution in [0, 0.1) is 5.92 Å². The maximum absolute atomic E-state index is 11.5. The zero-order chi connectivity index (χ0) is 10.6. The van der Waals surface area contributed by atoms with Gasteiger partial charge in [0.2, 0.25) is 5.91 Å². The summed E-state index contributed by atoms with van der Waals surface area (Å²) in [6, 6.07) is 1.73. The highest BCUT2D eigenvalue weighted by Gasteiger charge is 2.11. The second-order valence-electron chi connectivity index (χ2n) is 2.98. The van der Waals surface area contributed by atoms with Crippen molar-refractivity contribution in [1.29, 1.82) is 0 Å². The topological polar surface area (TPSA) is 68.0 Å². The van der Waals surface area contributed by atoms with Gasteiger partial charge < -0.3 is 11.1 Å². The minimum atomic E-state index is -0.185. The van der Waals surface area contributed by atoms with Gasteiger partial charge in [0, 0.05) is 24.9 Å². The van der Waals surface area contributed by atoms with Crippen LogP contribution >= 0.6 is 15.9 Å². The number of hydrogen-bond acceptors (Lipinski definition) is 3. The first-order valence-electron chi connectivity index (χ1n) is 4.25. The van der Waals surface area contributed by atoms with Crippen molar-refractivity contribution < 1.29 is 4.79 Å². The number of aromatic nitrogens is 1. The highest BCUT2D eigenvalue weighted by Crippen LogP contribution is 2.20. The number of carbonyl (C=O) groups is 1. The molecule has 0 aliphatic heterocycles. The molecule has 1 heterocycles. The van der Waals surface area contributed by atoms with Crippen LogP contribution < -0.4 is 11.1 Å². The molecular weight excluding hydrogens is 246 g/mol. The van der Waals surface area contributed by atoms with Crippen molar-refractivity contribution in [2.24, 2.45) is 11.7 Å². The Labute approximate surface area is 91.0 Å². The fourth-order valence-electron chi connectivity index (χ4n) is 0.840. The summed E-state index contributed by atoms with van der Waals surface area (Å²) >= 11 is 3.29. The number of anilines is 1. The van der Waals surface area contributed by atoms with Gasteiger partial charge in [-0.05, 0) is 22.0 Å². The van der Waals surface area contributed by atoms with Crippen molar-refractivity contribution in [3.8, 4) is 0 Å². The summed E-state index contributed by atoms with van der Waals surface area (Å²) in [7, 11) is 0. The molecule has 1 unspecified atom stereocenters. The highest BCUT2D eigenvalue weighted by molar-refractivity contribution is 9.10. The molecule has 1 aromatic heterocycles. The third-order valence-corrected chi connectivity index (χ3v) is 2.46. The number of halogens is 1. The van der Waals surface area contributed by atoms with Gasteiger partial charge in [-0.25, -0.2) is 0 Å². The smallest absolute Gasteiger partial charge is 0.228 e. The van der Waals surface area contributed by atoms with Crippen molar-refractivity contribution in [3.63, 3.8) is 0 Å². The lowest BCUT2D eigenvalue weighted by Crippen LogP contribution is -2.26. The van der Waals surface area contributed by atoms with Crippen LogP contribution in [0.4, 0.5) is 5.69 Å². The first-order valence-corrected chi connectivity index (χ1v) is 5.05. The van der Waals surface area contributed by atoms with Crippen LogP contribution in [0.15, 0.2) is 22.9 Å². The van der Waals surface area contributed by atoms with Gasteiger partial charge in [0.15, 0.2) is 0 Å². The normalized spacial score (nSPS) is 12.2. The fraction of sp³-hybridized carbons (Fsp3) is 0.333. The molecule has 0 spiro atoms. The van der Waals surface area contributed by atoms with E-state index < -0.39 is 0 Å². The molecule has 0 aliphatic carbocycles. The van der Waals surface area contributed by atoms with Crippen molar-refractivity contribution in [3.05, 3.63) is 22.9 Å². The monoisotopic (exact) mass is 257 g/mol. The molecule has 0 fully saturated rings. The number of nitrogens with zero attached hydrogens (tertiary/aromatic N) is 1. The van der Waals surface area contributed by atoms with E-state index in [0.29, 0.717) is 12.2 Å². The Kier molecular flexibility index (Phi) is 4.03. The lowest BCUT2D eigenvalue weighted by atomic mass is 10.1. The Morgan fingerprint density at radius 1 is 1.79 bits per heavy atom. The molecular formula is C9H12BrN3O. The number of nitrogens with two attached hydrogens (primary N) is 1. The van der Waals surface area contributed by atoms with Crippen molar-refractivity contribution in [1.82, 2.24) is 4.98 Å². The second-order valence-corrected chi connectivity index (χ2v) is 3.84. The Morgan fingerprint density at radius 2 is 2.50 bits per heavy atom. The number of carbonyl (C=O) groups excluding carboxylic acids is 1. The number of hydrogen-bond donors (Lipinski definition) is 2. The van der Waals surface area contributed by atoms with E-state index >= 15 is 0 Å². The standard InChI is InChI=1S/C9H12BrN3O/c1-6(4-11)9(14)13-8-2-3-12-5-7(8)10/h2-3,5-6H,4,11H2,1H3,(H,12,13,14). The van der Waals surface area contributed by atoms with E-state index in [1.807, 2.05) is 0 Å². The van der Waals surface area contributed by atoms with Crippen LogP contribution in [-0.4, -0.2) is 17.4 Å². The molecule has 0 bridgehead atoms. The molecule has 5 heteroatoms. The SMILES string of the molecule is CC(CN)C(=O)Nc1ccncc1Br. The van der Waals surface area contributed by atoms with Gasteiger partial charge in [-0.1, -0.05) is 6.92 Å². The van der Waals surface area contributed by atoms with E-state index in [2.05, 4.69) is 26.2 Å². The average Bonchev–Trinajstić information content (AvgIpc) is 2.20. The molecule has 76 valence electrons. The largest absolute Gasteiger partial charge is 0.330 e. The van der Waals surface area contributed by atoms with Gasteiger partial charge in [-0.3, -0.25) is 9.78 Å². The summed E-state index contributed by atoms with van der Waals surface area (Å²) < 4.78 is 0.762. The maximum Gasteiger partial charge on any atom is 0.228 e. The van der Waals surface area contributed by atoms with Gasteiger partial charge in [0.1, 0.15) is 0 Å². The summed E-state index contributed by atoms with van der Waals surface area (Å²) in [5.41, 5.74) is 6.09. The van der Waals surface area contributed by atoms with Gasteiger partial charge in [-0.15, -0.1) is 0 Å². The molecule has 14 heavy (non-hydrogen) atoms. The summed E-state index contributed by atoms with van der Waals surface area (Å²) in [6.07, 6.45) is 3.25. The summed E-state index contributed by atoms with van der Waals surface area (Å²) in [5, 5.41) is 2.76. The fourth-order valence-corrected chi connectivity index (χ4v) is 1.19. The van der Waals surface area contributed by atoms with Crippen LogP contribution in [0.1, 0.15) is 6.92 Å². The lowest BCUT2D eigenvalue weighted by molar-refractivity contribution is -0.119. The van der Waals surface area contributed by atoms with Crippen LogP contribution in [0.3, 0.4) is 0 Å². The van der Waals surface area contributed by atoms with Gasteiger partial charge in [0.05, 0.1) is 10.2 Å². The van der Waals surface area contributed by atoms with Crippen LogP contribution in [0.25, 0.3) is 0 Å². The van der Waals surface area contributed by atoms with E-state index in [0.717, 1.165) is 4.47 Å². The van der Waals surface area contributed by atoms with E-state index in [-0.39, 0.29) is 11.8 Å². The van der Waals surface area contributed by atoms with Crippen LogP contribution in [0.5, 0.6) is 0 Å². The number of nitrogens with one attached hydrogen (secondary N) is 1. The molecule has 4 nitrogen and oxygen atoms in total. The first-order chi connectivity index (χ1) is 6.65. The Hall–Kier alpha value is -0.940. The Balaban J connectivity index is 2.70. The molecule has 0 aromatic carbocycles. The summed E-state index contributed by atoms with van der Waals surface area (Å²) in [6.45, 7) is 2.12. The maximum atomic E-state index is 11.5. The molecule has 0 saturated heterocycles. The number of pyridine rings is 1. The predicted molar refractivity (Wildman–Crippen MR) is 58.8 cm³/mol. The molecule has 0 aliphatic rings. The molecule has 0 saturated carbocycles. The summed E-state index contributed by atoms with van der Waals surface area (Å²) in [5.74, 6) is -0.269. The van der Waals surface area contributed by atoms with E-state index in [9.17, 15) is 4.79 Å². The molecule has 1 atom stereocenters. The third kappa shape index (κ3) is 2.78. The predicted octanol–water partition coefficient (Wildman–Crippen LogP) is 1.38. The zero-order valence-electron chi connectivity index (χ0n) is 7.83. The minimum absolute atomic E-state index is 0.0839. The van der Waals surface area contributed by atoms with E-state index in [1.54, 1.807) is 25.4 Å². The highest BCUT2D eigenvalue weighted by atomic mass is 79.9. The first kappa shape index (κ1) is 11.1. The molecule has 1 amide bonds. The molecule has 1 rings (SSSR count).